The van der Waals surface area contributed by atoms with E-state index in [4.69, 9.17) is 14.1 Å². The number of carbonyl (C=O) groups excluding carboxylic acids is 1. The summed E-state index contributed by atoms with van der Waals surface area (Å²) in [5.74, 6) is 2.61. The smallest absolute Gasteiger partial charge is 0.246 e. The van der Waals surface area contributed by atoms with E-state index in [2.05, 4.69) is 15.3 Å². The number of carbonyl (C=O) groups is 1. The summed E-state index contributed by atoms with van der Waals surface area (Å²) in [6.45, 7) is 9.98. The van der Waals surface area contributed by atoms with Crippen molar-refractivity contribution in [1.29, 1.82) is 0 Å². The van der Waals surface area contributed by atoms with Crippen LogP contribution in [0, 0.1) is 6.92 Å². The molecule has 2 saturated heterocycles. The lowest BCUT2D eigenvalue weighted by molar-refractivity contribution is -0.120. The molecular weight excluding hydrogens is 537 g/mol. The predicted octanol–water partition coefficient (Wildman–Crippen LogP) is 1.63. The molecule has 11 heteroatoms. The van der Waals surface area contributed by atoms with Crippen molar-refractivity contribution in [3.8, 4) is 0 Å². The molecule has 1 atom stereocenters. The van der Waals surface area contributed by atoms with Gasteiger partial charge >= 0.3 is 0 Å². The molecule has 10 nitrogen and oxygen atoms in total. The van der Waals surface area contributed by atoms with Gasteiger partial charge in [0.1, 0.15) is 18.1 Å². The first-order chi connectivity index (χ1) is 15.5. The van der Waals surface area contributed by atoms with Gasteiger partial charge in [0.25, 0.3) is 0 Å². The summed E-state index contributed by atoms with van der Waals surface area (Å²) in [4.78, 5) is 24.0. The highest BCUT2D eigenvalue weighted by Gasteiger charge is 2.29. The molecule has 2 aromatic rings. The molecule has 0 aromatic carbocycles. The molecule has 2 aliphatic heterocycles. The van der Waals surface area contributed by atoms with Gasteiger partial charge in [-0.05, 0) is 26.0 Å². The van der Waals surface area contributed by atoms with E-state index in [0.29, 0.717) is 32.8 Å². The number of halogens is 1. The van der Waals surface area contributed by atoms with E-state index < -0.39 is 0 Å². The number of guanidine groups is 1. The maximum atomic E-state index is 12.9. The average molecular weight is 571 g/mol. The number of hydrogen-bond donors (Lipinski definition) is 1. The number of aromatic nitrogens is 2. The van der Waals surface area contributed by atoms with Crippen molar-refractivity contribution in [2.24, 2.45) is 12.0 Å². The van der Waals surface area contributed by atoms with Crippen LogP contribution >= 0.6 is 24.0 Å². The Bertz CT molecular complexity index is 938. The first-order valence-electron chi connectivity index (χ1n) is 11.3. The molecule has 0 aliphatic carbocycles. The molecule has 182 valence electrons. The van der Waals surface area contributed by atoms with Crippen LogP contribution in [0.3, 0.4) is 0 Å². The van der Waals surface area contributed by atoms with E-state index in [9.17, 15) is 4.79 Å². The fourth-order valence-corrected chi connectivity index (χ4v) is 4.18. The Morgan fingerprint density at radius 3 is 2.64 bits per heavy atom. The molecule has 33 heavy (non-hydrogen) atoms. The standard InChI is InChI=1S/C22H33N7O3.HI/c1-4-23-22(28-7-8-29(21(30)16-28)18-13-25-26(3)15-18)24-14-19(20-6-5-17(2)32-20)27-9-11-31-12-10-27;/h5-6,13,15,19H,4,7-12,14,16H2,1-3H3,(H,23,24);1H. The second kappa shape index (κ2) is 11.8. The molecule has 0 radical (unpaired) electrons. The van der Waals surface area contributed by atoms with Gasteiger partial charge in [0, 0.05) is 46.0 Å². The van der Waals surface area contributed by atoms with E-state index in [1.54, 1.807) is 15.8 Å². The Balaban J connectivity index is 0.00000306. The normalized spacial score (nSPS) is 18.9. The zero-order valence-corrected chi connectivity index (χ0v) is 21.9. The second-order valence-corrected chi connectivity index (χ2v) is 8.15. The number of ether oxygens (including phenoxy) is 1. The quantitative estimate of drug-likeness (QED) is 0.320. The van der Waals surface area contributed by atoms with E-state index in [0.717, 1.165) is 42.8 Å². The van der Waals surface area contributed by atoms with Gasteiger partial charge in [0.2, 0.25) is 5.91 Å². The Morgan fingerprint density at radius 2 is 2.03 bits per heavy atom. The highest BCUT2D eigenvalue weighted by molar-refractivity contribution is 14.0. The van der Waals surface area contributed by atoms with Crippen LogP contribution in [0.5, 0.6) is 0 Å². The van der Waals surface area contributed by atoms with E-state index in [1.807, 2.05) is 44.1 Å². The summed E-state index contributed by atoms with van der Waals surface area (Å²) in [5.41, 5.74) is 0.833. The molecule has 0 saturated carbocycles. The number of anilines is 1. The number of furan rings is 1. The van der Waals surface area contributed by atoms with Crippen LogP contribution in [0.15, 0.2) is 33.9 Å². The van der Waals surface area contributed by atoms with E-state index >= 15 is 0 Å². The minimum Gasteiger partial charge on any atom is -0.465 e. The summed E-state index contributed by atoms with van der Waals surface area (Å²) < 4.78 is 13.2. The first kappa shape index (κ1) is 25.5. The Labute approximate surface area is 211 Å². The number of hydrogen-bond acceptors (Lipinski definition) is 6. The lowest BCUT2D eigenvalue weighted by atomic mass is 10.1. The van der Waals surface area contributed by atoms with Gasteiger partial charge in [0.15, 0.2) is 5.96 Å². The second-order valence-electron chi connectivity index (χ2n) is 8.15. The number of aliphatic imine (C=N–C) groups is 1. The highest BCUT2D eigenvalue weighted by atomic mass is 127. The minimum absolute atomic E-state index is 0. The molecule has 2 aromatic heterocycles. The zero-order valence-electron chi connectivity index (χ0n) is 19.6. The van der Waals surface area contributed by atoms with Crippen LogP contribution in [-0.2, 0) is 16.6 Å². The van der Waals surface area contributed by atoms with Gasteiger partial charge in [-0.3, -0.25) is 19.4 Å². The van der Waals surface area contributed by atoms with Gasteiger partial charge in [0.05, 0.1) is 37.7 Å². The predicted molar refractivity (Wildman–Crippen MR) is 137 cm³/mol. The van der Waals surface area contributed by atoms with Crippen molar-refractivity contribution in [3.63, 3.8) is 0 Å². The van der Waals surface area contributed by atoms with Crippen molar-refractivity contribution < 1.29 is 13.9 Å². The fourth-order valence-electron chi connectivity index (χ4n) is 4.18. The summed E-state index contributed by atoms with van der Waals surface area (Å²) >= 11 is 0. The molecule has 0 bridgehead atoms. The summed E-state index contributed by atoms with van der Waals surface area (Å²) in [5, 5.41) is 7.55. The summed E-state index contributed by atoms with van der Waals surface area (Å²) in [6, 6.07) is 4.07. The van der Waals surface area contributed by atoms with E-state index in [-0.39, 0.29) is 42.5 Å². The van der Waals surface area contributed by atoms with Crippen molar-refractivity contribution in [3.05, 3.63) is 36.0 Å². The minimum atomic E-state index is 0. The lowest BCUT2D eigenvalue weighted by Gasteiger charge is -2.36. The first-order valence-corrected chi connectivity index (χ1v) is 11.3. The van der Waals surface area contributed by atoms with Gasteiger partial charge < -0.3 is 24.3 Å². The van der Waals surface area contributed by atoms with Crippen LogP contribution in [0.1, 0.15) is 24.5 Å². The zero-order chi connectivity index (χ0) is 22.5. The number of nitrogens with one attached hydrogen (secondary N) is 1. The third-order valence-electron chi connectivity index (χ3n) is 5.85. The number of nitrogens with zero attached hydrogens (tertiary/aromatic N) is 6. The highest BCUT2D eigenvalue weighted by Crippen LogP contribution is 2.24. The van der Waals surface area contributed by atoms with Crippen LogP contribution in [0.25, 0.3) is 0 Å². The van der Waals surface area contributed by atoms with E-state index in [1.165, 1.54) is 0 Å². The maximum Gasteiger partial charge on any atom is 0.246 e. The molecule has 1 amide bonds. The number of amides is 1. The van der Waals surface area contributed by atoms with Crippen molar-refractivity contribution in [2.75, 3.05) is 63.9 Å². The van der Waals surface area contributed by atoms with Gasteiger partial charge in [-0.15, -0.1) is 24.0 Å². The van der Waals surface area contributed by atoms with Crippen molar-refractivity contribution in [1.82, 2.24) is 24.9 Å². The number of aryl methyl sites for hydroxylation is 2. The molecule has 4 rings (SSSR count). The molecular formula is C22H34IN7O3. The third-order valence-corrected chi connectivity index (χ3v) is 5.85. The number of rotatable bonds is 6. The van der Waals surface area contributed by atoms with Gasteiger partial charge in [-0.2, -0.15) is 5.10 Å². The molecule has 0 spiro atoms. The SMILES string of the molecule is CCNC(=NCC(c1ccc(C)o1)N1CCOCC1)N1CCN(c2cnn(C)c2)C(=O)C1.I. The third kappa shape index (κ3) is 6.27. The topological polar surface area (TPSA) is 91.4 Å². The van der Waals surface area contributed by atoms with Gasteiger partial charge in [-0.1, -0.05) is 0 Å². The maximum absolute atomic E-state index is 12.9. The van der Waals surface area contributed by atoms with Crippen LogP contribution in [0.2, 0.25) is 0 Å². The lowest BCUT2D eigenvalue weighted by Crippen LogP contribution is -2.55. The van der Waals surface area contributed by atoms with Crippen molar-refractivity contribution in [2.45, 2.75) is 19.9 Å². The number of morpholine rings is 1. The number of piperazine rings is 1. The van der Waals surface area contributed by atoms with Crippen LogP contribution in [0.4, 0.5) is 5.69 Å². The molecule has 4 heterocycles. The molecule has 2 fully saturated rings. The molecule has 1 unspecified atom stereocenters. The summed E-state index contributed by atoms with van der Waals surface area (Å²) in [6.07, 6.45) is 3.59. The fraction of sp³-hybridized carbons (Fsp3) is 0.591. The Hall–Kier alpha value is -2.12. The van der Waals surface area contributed by atoms with Crippen molar-refractivity contribution >= 4 is 41.5 Å². The molecule has 1 N–H and O–H groups in total. The Kier molecular flexibility index (Phi) is 9.15. The largest absolute Gasteiger partial charge is 0.465 e. The van der Waals surface area contributed by atoms with Gasteiger partial charge in [-0.25, -0.2) is 0 Å². The average Bonchev–Trinajstić information content (AvgIpc) is 3.42. The summed E-state index contributed by atoms with van der Waals surface area (Å²) in [7, 11) is 1.85. The monoisotopic (exact) mass is 571 g/mol. The van der Waals surface area contributed by atoms with Crippen LogP contribution in [-0.4, -0.2) is 90.5 Å². The Morgan fingerprint density at radius 1 is 1.24 bits per heavy atom. The van der Waals surface area contributed by atoms with Crippen LogP contribution < -0.4 is 10.2 Å². The molecule has 2 aliphatic rings.